The molecule has 1 N–H and O–H groups in total. The van der Waals surface area contributed by atoms with E-state index >= 15 is 0 Å². The molecule has 1 aliphatic rings. The number of hydrogen-bond donors (Lipinski definition) is 1. The van der Waals surface area contributed by atoms with Gasteiger partial charge in [-0.25, -0.2) is 0 Å². The molecule has 1 fully saturated rings. The van der Waals surface area contributed by atoms with Crippen LogP contribution in [0, 0.1) is 0 Å². The van der Waals surface area contributed by atoms with Gasteiger partial charge in [0.25, 0.3) is 11.1 Å². The Hall–Kier alpha value is -2.15. The van der Waals surface area contributed by atoms with Crippen LogP contribution >= 0.6 is 35.0 Å². The highest BCUT2D eigenvalue weighted by Gasteiger charge is 2.35. The Kier molecular flexibility index (Phi) is 5.99. The van der Waals surface area contributed by atoms with Crippen molar-refractivity contribution in [3.8, 4) is 11.5 Å². The first-order valence-electron chi connectivity index (χ1n) is 8.04. The third kappa shape index (κ3) is 4.24. The molecular formula is C19H15Cl2NO4S. The maximum Gasteiger partial charge on any atom is 0.293 e. The van der Waals surface area contributed by atoms with Crippen molar-refractivity contribution in [1.29, 1.82) is 0 Å². The second-order valence-electron chi connectivity index (χ2n) is 5.63. The molecule has 0 bridgehead atoms. The van der Waals surface area contributed by atoms with Crippen LogP contribution in [-0.4, -0.2) is 27.8 Å². The summed E-state index contributed by atoms with van der Waals surface area (Å²) in [4.78, 5) is 26.4. The van der Waals surface area contributed by atoms with Crippen molar-refractivity contribution < 1.29 is 19.4 Å². The number of thioether (sulfide) groups is 1. The minimum atomic E-state index is -0.424. The molecule has 0 radical (unpaired) electrons. The largest absolute Gasteiger partial charge is 0.504 e. The average Bonchev–Trinajstić information content (AvgIpc) is 2.88. The van der Waals surface area contributed by atoms with E-state index in [0.717, 1.165) is 16.7 Å². The van der Waals surface area contributed by atoms with Crippen LogP contribution in [0.5, 0.6) is 11.5 Å². The van der Waals surface area contributed by atoms with Crippen LogP contribution in [0.15, 0.2) is 41.3 Å². The van der Waals surface area contributed by atoms with Crippen molar-refractivity contribution >= 4 is 52.2 Å². The van der Waals surface area contributed by atoms with E-state index in [9.17, 15) is 14.7 Å². The van der Waals surface area contributed by atoms with Gasteiger partial charge in [-0.3, -0.25) is 14.5 Å². The van der Waals surface area contributed by atoms with E-state index in [-0.39, 0.29) is 17.2 Å². The van der Waals surface area contributed by atoms with Crippen molar-refractivity contribution in [2.75, 3.05) is 6.61 Å². The lowest BCUT2D eigenvalue weighted by atomic mass is 10.1. The first kappa shape index (κ1) is 19.6. The summed E-state index contributed by atoms with van der Waals surface area (Å²) in [6.45, 7) is 2.20. The molecule has 0 saturated carbocycles. The topological polar surface area (TPSA) is 66.8 Å². The Balaban J connectivity index is 1.86. The summed E-state index contributed by atoms with van der Waals surface area (Å²) in [6.07, 6.45) is 1.58. The SMILES string of the molecule is CCOc1cc(/C=C2\SC(=O)N(Cc3c(Cl)cccc3Cl)C2=O)ccc1O. The van der Waals surface area contributed by atoms with Crippen molar-refractivity contribution in [3.05, 3.63) is 62.5 Å². The molecule has 0 unspecified atom stereocenters. The molecule has 27 heavy (non-hydrogen) atoms. The van der Waals surface area contributed by atoms with Crippen LogP contribution < -0.4 is 4.74 Å². The van der Waals surface area contributed by atoms with Gasteiger partial charge in [0.1, 0.15) is 0 Å². The van der Waals surface area contributed by atoms with Crippen molar-refractivity contribution in [2.45, 2.75) is 13.5 Å². The summed E-state index contributed by atoms with van der Waals surface area (Å²) >= 11 is 13.1. The lowest BCUT2D eigenvalue weighted by Gasteiger charge is -2.14. The molecular weight excluding hydrogens is 409 g/mol. The molecule has 0 aromatic heterocycles. The number of aromatic hydroxyl groups is 1. The number of hydrogen-bond acceptors (Lipinski definition) is 5. The first-order valence-corrected chi connectivity index (χ1v) is 9.62. The van der Waals surface area contributed by atoms with Crippen molar-refractivity contribution in [2.24, 2.45) is 0 Å². The van der Waals surface area contributed by atoms with E-state index in [0.29, 0.717) is 33.5 Å². The monoisotopic (exact) mass is 423 g/mol. The summed E-state index contributed by atoms with van der Waals surface area (Å²) in [6, 6.07) is 9.73. The Morgan fingerprint density at radius 2 is 1.89 bits per heavy atom. The Morgan fingerprint density at radius 1 is 1.19 bits per heavy atom. The molecule has 3 rings (SSSR count). The van der Waals surface area contributed by atoms with Gasteiger partial charge in [-0.1, -0.05) is 35.3 Å². The van der Waals surface area contributed by atoms with Crippen molar-refractivity contribution in [1.82, 2.24) is 4.90 Å². The van der Waals surface area contributed by atoms with Gasteiger partial charge in [-0.2, -0.15) is 0 Å². The standard InChI is InChI=1S/C19H15Cl2NO4S/c1-2-26-16-8-11(6-7-15(16)23)9-17-18(24)22(19(25)27-17)10-12-13(20)4-3-5-14(12)21/h3-9,23H,2,10H2,1H3/b17-9-. The van der Waals surface area contributed by atoms with Gasteiger partial charge < -0.3 is 9.84 Å². The lowest BCUT2D eigenvalue weighted by molar-refractivity contribution is -0.123. The third-order valence-electron chi connectivity index (χ3n) is 3.83. The molecule has 1 aliphatic heterocycles. The third-order valence-corrected chi connectivity index (χ3v) is 5.45. The normalized spacial score (nSPS) is 15.7. The van der Waals surface area contributed by atoms with Crippen LogP contribution in [0.3, 0.4) is 0 Å². The van der Waals surface area contributed by atoms with Gasteiger partial charge in [0, 0.05) is 15.6 Å². The van der Waals surface area contributed by atoms with Crippen molar-refractivity contribution in [3.63, 3.8) is 0 Å². The zero-order valence-electron chi connectivity index (χ0n) is 14.2. The number of phenolic OH excluding ortho intramolecular Hbond substituents is 1. The van der Waals surface area contributed by atoms with Crippen LogP contribution in [0.25, 0.3) is 6.08 Å². The summed E-state index contributed by atoms with van der Waals surface area (Å²) in [5, 5.41) is 10.2. The Bertz CT molecular complexity index is 925. The van der Waals surface area contributed by atoms with E-state index in [1.54, 1.807) is 43.3 Å². The van der Waals surface area contributed by atoms with E-state index in [2.05, 4.69) is 0 Å². The summed E-state index contributed by atoms with van der Waals surface area (Å²) < 4.78 is 5.34. The molecule has 140 valence electrons. The molecule has 1 heterocycles. The van der Waals surface area contributed by atoms with Gasteiger partial charge >= 0.3 is 0 Å². The Morgan fingerprint density at radius 3 is 2.56 bits per heavy atom. The van der Waals surface area contributed by atoms with E-state index < -0.39 is 11.1 Å². The zero-order chi connectivity index (χ0) is 19.6. The van der Waals surface area contributed by atoms with Crippen LogP contribution in [0.2, 0.25) is 10.0 Å². The highest BCUT2D eigenvalue weighted by molar-refractivity contribution is 8.18. The van der Waals surface area contributed by atoms with E-state index in [4.69, 9.17) is 27.9 Å². The number of halogens is 2. The van der Waals surface area contributed by atoms with E-state index in [1.807, 2.05) is 0 Å². The summed E-state index contributed by atoms with van der Waals surface area (Å²) in [5.41, 5.74) is 1.16. The summed E-state index contributed by atoms with van der Waals surface area (Å²) in [5.74, 6) is -0.101. The molecule has 1 saturated heterocycles. The number of rotatable bonds is 5. The average molecular weight is 424 g/mol. The maximum atomic E-state index is 12.7. The van der Waals surface area contributed by atoms with Gasteiger partial charge in [0.15, 0.2) is 11.5 Å². The van der Waals surface area contributed by atoms with Crippen LogP contribution in [0.4, 0.5) is 4.79 Å². The predicted octanol–water partition coefficient (Wildman–Crippen LogP) is 5.33. The second-order valence-corrected chi connectivity index (χ2v) is 7.44. The quantitative estimate of drug-likeness (QED) is 0.657. The van der Waals surface area contributed by atoms with Gasteiger partial charge in [-0.15, -0.1) is 0 Å². The fraction of sp³-hybridized carbons (Fsp3) is 0.158. The maximum absolute atomic E-state index is 12.7. The fourth-order valence-electron chi connectivity index (χ4n) is 2.52. The van der Waals surface area contributed by atoms with E-state index in [1.165, 1.54) is 6.07 Å². The molecule has 2 amide bonds. The summed E-state index contributed by atoms with van der Waals surface area (Å²) in [7, 11) is 0. The lowest BCUT2D eigenvalue weighted by Crippen LogP contribution is -2.27. The number of carbonyl (C=O) groups is 2. The number of ether oxygens (including phenoxy) is 1. The number of imide groups is 1. The molecule has 0 atom stereocenters. The van der Waals surface area contributed by atoms with Crippen LogP contribution in [-0.2, 0) is 11.3 Å². The highest BCUT2D eigenvalue weighted by atomic mass is 35.5. The first-order chi connectivity index (χ1) is 12.9. The number of amides is 2. The number of carbonyl (C=O) groups excluding carboxylic acids is 2. The van der Waals surface area contributed by atoms with Crippen LogP contribution in [0.1, 0.15) is 18.1 Å². The molecule has 2 aromatic rings. The molecule has 0 spiro atoms. The van der Waals surface area contributed by atoms with Gasteiger partial charge in [0.05, 0.1) is 18.1 Å². The van der Waals surface area contributed by atoms with Gasteiger partial charge in [-0.05, 0) is 54.6 Å². The molecule has 0 aliphatic carbocycles. The highest BCUT2D eigenvalue weighted by Crippen LogP contribution is 2.36. The molecule has 8 heteroatoms. The molecule has 2 aromatic carbocycles. The zero-order valence-corrected chi connectivity index (χ0v) is 16.6. The second kappa shape index (κ2) is 8.25. The minimum absolute atomic E-state index is 0.000285. The molecule has 5 nitrogen and oxygen atoms in total. The minimum Gasteiger partial charge on any atom is -0.504 e. The number of nitrogens with zero attached hydrogens (tertiary/aromatic N) is 1. The fourth-order valence-corrected chi connectivity index (χ4v) is 3.88. The number of benzene rings is 2. The Labute approximate surface area is 170 Å². The van der Waals surface area contributed by atoms with Gasteiger partial charge in [0.2, 0.25) is 0 Å². The smallest absolute Gasteiger partial charge is 0.293 e. The number of phenols is 1. The predicted molar refractivity (Wildman–Crippen MR) is 107 cm³/mol.